The summed E-state index contributed by atoms with van der Waals surface area (Å²) in [5.41, 5.74) is 5.54. The Morgan fingerprint density at radius 1 is 1.50 bits per heavy atom. The number of aryl methyl sites for hydroxylation is 2. The first-order valence-corrected chi connectivity index (χ1v) is 5.79. The molecule has 106 valence electrons. The maximum Gasteiger partial charge on any atom is 0.332 e. The first-order chi connectivity index (χ1) is 9.40. The summed E-state index contributed by atoms with van der Waals surface area (Å²) in [6.07, 6.45) is 1.54. The van der Waals surface area contributed by atoms with Crippen molar-refractivity contribution >= 4 is 17.5 Å². The molecule has 2 aromatic heterocycles. The summed E-state index contributed by atoms with van der Waals surface area (Å²) in [5, 5.41) is 21.7. The molecular weight excluding hydrogens is 264 g/mol. The standard InChI is InChI=1S/C10H14N8O2/c1-5-7(18(19)20)8(15-10(11)14-5)13-6(2)9-16-12-4-17(9)3/h4,6H,1-3H3,(H3,11,13,14,15). The van der Waals surface area contributed by atoms with Gasteiger partial charge in [-0.25, -0.2) is 4.98 Å². The van der Waals surface area contributed by atoms with Crippen LogP contribution in [0.3, 0.4) is 0 Å². The van der Waals surface area contributed by atoms with Crippen molar-refractivity contribution in [2.24, 2.45) is 7.05 Å². The average molecular weight is 278 g/mol. The van der Waals surface area contributed by atoms with E-state index in [9.17, 15) is 10.1 Å². The number of rotatable bonds is 4. The lowest BCUT2D eigenvalue weighted by Crippen LogP contribution is -2.15. The van der Waals surface area contributed by atoms with E-state index in [1.54, 1.807) is 24.9 Å². The van der Waals surface area contributed by atoms with Crippen LogP contribution in [-0.4, -0.2) is 29.7 Å². The second kappa shape index (κ2) is 5.07. The number of nitrogens with one attached hydrogen (secondary N) is 1. The van der Waals surface area contributed by atoms with Crippen LogP contribution in [0.5, 0.6) is 0 Å². The molecule has 0 bridgehead atoms. The monoisotopic (exact) mass is 278 g/mol. The van der Waals surface area contributed by atoms with Crippen LogP contribution in [0.25, 0.3) is 0 Å². The highest BCUT2D eigenvalue weighted by molar-refractivity contribution is 5.60. The molecule has 0 aliphatic heterocycles. The largest absolute Gasteiger partial charge is 0.368 e. The molecule has 2 rings (SSSR count). The van der Waals surface area contributed by atoms with Gasteiger partial charge in [-0.1, -0.05) is 0 Å². The molecule has 1 atom stereocenters. The van der Waals surface area contributed by atoms with Crippen LogP contribution in [0.4, 0.5) is 17.5 Å². The molecule has 20 heavy (non-hydrogen) atoms. The number of anilines is 2. The Morgan fingerprint density at radius 2 is 2.20 bits per heavy atom. The molecule has 3 N–H and O–H groups in total. The van der Waals surface area contributed by atoms with Gasteiger partial charge in [0.25, 0.3) is 0 Å². The van der Waals surface area contributed by atoms with Crippen molar-refractivity contribution in [1.82, 2.24) is 24.7 Å². The van der Waals surface area contributed by atoms with Crippen molar-refractivity contribution in [3.63, 3.8) is 0 Å². The number of nitrogen functional groups attached to an aromatic ring is 1. The molecule has 0 saturated heterocycles. The van der Waals surface area contributed by atoms with Crippen LogP contribution in [0.1, 0.15) is 24.5 Å². The van der Waals surface area contributed by atoms with E-state index in [1.165, 1.54) is 6.92 Å². The van der Waals surface area contributed by atoms with Crippen molar-refractivity contribution in [2.75, 3.05) is 11.1 Å². The third-order valence-electron chi connectivity index (χ3n) is 2.75. The quantitative estimate of drug-likeness (QED) is 0.611. The predicted molar refractivity (Wildman–Crippen MR) is 70.9 cm³/mol. The van der Waals surface area contributed by atoms with E-state index in [4.69, 9.17) is 5.73 Å². The Labute approximate surface area is 114 Å². The lowest BCUT2D eigenvalue weighted by molar-refractivity contribution is -0.385. The molecule has 10 heteroatoms. The number of nitrogens with zero attached hydrogens (tertiary/aromatic N) is 6. The molecule has 0 saturated carbocycles. The molecule has 2 aromatic rings. The lowest BCUT2D eigenvalue weighted by atomic mass is 10.3. The van der Waals surface area contributed by atoms with Crippen LogP contribution in [-0.2, 0) is 7.05 Å². The highest BCUT2D eigenvalue weighted by Gasteiger charge is 2.24. The van der Waals surface area contributed by atoms with Gasteiger partial charge in [-0.3, -0.25) is 10.1 Å². The number of nitrogens with two attached hydrogens (primary N) is 1. The maximum atomic E-state index is 11.1. The summed E-state index contributed by atoms with van der Waals surface area (Å²) < 4.78 is 1.71. The molecule has 1 unspecified atom stereocenters. The van der Waals surface area contributed by atoms with Crippen LogP contribution in [0, 0.1) is 17.0 Å². The van der Waals surface area contributed by atoms with Crippen molar-refractivity contribution in [3.05, 3.63) is 28.0 Å². The second-order valence-electron chi connectivity index (χ2n) is 4.29. The van der Waals surface area contributed by atoms with Crippen LogP contribution in [0.15, 0.2) is 6.33 Å². The van der Waals surface area contributed by atoms with Gasteiger partial charge in [-0.05, 0) is 13.8 Å². The number of hydrogen-bond donors (Lipinski definition) is 2. The summed E-state index contributed by atoms with van der Waals surface area (Å²) in [6, 6.07) is -0.324. The third kappa shape index (κ3) is 2.48. The first-order valence-electron chi connectivity index (χ1n) is 5.79. The van der Waals surface area contributed by atoms with Crippen molar-refractivity contribution in [1.29, 1.82) is 0 Å². The van der Waals surface area contributed by atoms with E-state index in [2.05, 4.69) is 25.5 Å². The molecule has 10 nitrogen and oxygen atoms in total. The van der Waals surface area contributed by atoms with E-state index in [0.29, 0.717) is 5.82 Å². The SMILES string of the molecule is Cc1nc(N)nc(NC(C)c2nncn2C)c1[N+](=O)[O-]. The topological polar surface area (TPSA) is 138 Å². The lowest BCUT2D eigenvalue weighted by Gasteiger charge is -2.14. The van der Waals surface area contributed by atoms with E-state index >= 15 is 0 Å². The Kier molecular flexibility index (Phi) is 3.46. The van der Waals surface area contributed by atoms with Gasteiger partial charge in [0.05, 0.1) is 11.0 Å². The third-order valence-corrected chi connectivity index (χ3v) is 2.75. The van der Waals surface area contributed by atoms with Gasteiger partial charge in [0.2, 0.25) is 11.8 Å². The summed E-state index contributed by atoms with van der Waals surface area (Å²) in [5.74, 6) is 0.658. The minimum Gasteiger partial charge on any atom is -0.368 e. The highest BCUT2D eigenvalue weighted by Crippen LogP contribution is 2.28. The van der Waals surface area contributed by atoms with E-state index in [1.807, 2.05) is 0 Å². The fourth-order valence-corrected chi connectivity index (χ4v) is 1.86. The zero-order valence-corrected chi connectivity index (χ0v) is 11.2. The van der Waals surface area contributed by atoms with Gasteiger partial charge >= 0.3 is 5.69 Å². The van der Waals surface area contributed by atoms with Crippen molar-refractivity contribution < 1.29 is 4.92 Å². The van der Waals surface area contributed by atoms with Gasteiger partial charge in [-0.2, -0.15) is 4.98 Å². The molecule has 0 aromatic carbocycles. The molecule has 0 aliphatic rings. The zero-order valence-electron chi connectivity index (χ0n) is 11.2. The molecule has 0 spiro atoms. The number of aromatic nitrogens is 5. The van der Waals surface area contributed by atoms with Crippen molar-refractivity contribution in [2.45, 2.75) is 19.9 Å². The number of hydrogen-bond acceptors (Lipinski definition) is 8. The Bertz CT molecular complexity index is 653. The van der Waals surface area contributed by atoms with E-state index in [-0.39, 0.29) is 29.2 Å². The Morgan fingerprint density at radius 3 is 2.75 bits per heavy atom. The molecule has 0 radical (unpaired) electrons. The fourth-order valence-electron chi connectivity index (χ4n) is 1.86. The maximum absolute atomic E-state index is 11.1. The molecule has 2 heterocycles. The molecule has 0 amide bonds. The van der Waals surface area contributed by atoms with Crippen LogP contribution in [0.2, 0.25) is 0 Å². The first kappa shape index (κ1) is 13.6. The Hall–Kier alpha value is -2.78. The summed E-state index contributed by atoms with van der Waals surface area (Å²) in [4.78, 5) is 18.2. The molecular formula is C10H14N8O2. The molecule has 0 aliphatic carbocycles. The predicted octanol–water partition coefficient (Wildman–Crippen LogP) is 0.577. The van der Waals surface area contributed by atoms with Gasteiger partial charge in [0, 0.05) is 7.05 Å². The van der Waals surface area contributed by atoms with Gasteiger partial charge in [0.1, 0.15) is 12.0 Å². The van der Waals surface area contributed by atoms with Gasteiger partial charge in [0.15, 0.2) is 5.82 Å². The van der Waals surface area contributed by atoms with Crippen molar-refractivity contribution in [3.8, 4) is 0 Å². The average Bonchev–Trinajstić information content (AvgIpc) is 2.73. The smallest absolute Gasteiger partial charge is 0.332 e. The molecule has 0 fully saturated rings. The summed E-state index contributed by atoms with van der Waals surface area (Å²) in [6.45, 7) is 3.30. The van der Waals surface area contributed by atoms with Gasteiger partial charge < -0.3 is 15.6 Å². The van der Waals surface area contributed by atoms with Gasteiger partial charge in [-0.15, -0.1) is 10.2 Å². The van der Waals surface area contributed by atoms with Crippen LogP contribution < -0.4 is 11.1 Å². The zero-order chi connectivity index (χ0) is 14.9. The van der Waals surface area contributed by atoms with Crippen LogP contribution >= 0.6 is 0 Å². The number of nitro groups is 1. The van der Waals surface area contributed by atoms with E-state index < -0.39 is 4.92 Å². The Balaban J connectivity index is 2.38. The fraction of sp³-hybridized carbons (Fsp3) is 0.400. The second-order valence-corrected chi connectivity index (χ2v) is 4.29. The summed E-state index contributed by atoms with van der Waals surface area (Å²) in [7, 11) is 1.78. The normalized spacial score (nSPS) is 12.2. The highest BCUT2D eigenvalue weighted by atomic mass is 16.6. The summed E-state index contributed by atoms with van der Waals surface area (Å²) >= 11 is 0. The minimum absolute atomic E-state index is 0.0271. The minimum atomic E-state index is -0.541. The van der Waals surface area contributed by atoms with E-state index in [0.717, 1.165) is 0 Å².